The maximum absolute atomic E-state index is 12.6. The first-order chi connectivity index (χ1) is 14.6. The van der Waals surface area contributed by atoms with E-state index in [1.54, 1.807) is 0 Å². The Balaban J connectivity index is 2.28. The molecule has 0 atom stereocenters. The van der Waals surface area contributed by atoms with E-state index >= 15 is 0 Å². The summed E-state index contributed by atoms with van der Waals surface area (Å²) in [5.41, 5.74) is 13.7. The molecule has 0 spiro atoms. The maximum atomic E-state index is 12.6. The lowest BCUT2D eigenvalue weighted by atomic mass is 10.0. The molecule has 0 saturated heterocycles. The fourth-order valence-corrected chi connectivity index (χ4v) is 4.76. The smallest absolute Gasteiger partial charge is 0.341 e. The van der Waals surface area contributed by atoms with Crippen LogP contribution in [0.4, 0.5) is 10.0 Å². The quantitative estimate of drug-likeness (QED) is 0.170. The molecular formula is C25H46N2O2S. The second-order valence-electron chi connectivity index (χ2n) is 8.52. The fourth-order valence-electron chi connectivity index (χ4n) is 3.88. The van der Waals surface area contributed by atoms with E-state index in [2.05, 4.69) is 13.8 Å². The van der Waals surface area contributed by atoms with Crippen LogP contribution in [0.15, 0.2) is 0 Å². The van der Waals surface area contributed by atoms with Gasteiger partial charge in [-0.15, -0.1) is 11.3 Å². The Kier molecular flexibility index (Phi) is 15.6. The molecule has 0 aliphatic rings. The van der Waals surface area contributed by atoms with Gasteiger partial charge in [0.05, 0.1) is 17.2 Å². The van der Waals surface area contributed by atoms with Crippen molar-refractivity contribution in [2.45, 2.75) is 123 Å². The summed E-state index contributed by atoms with van der Waals surface area (Å²) < 4.78 is 5.52. The fraction of sp³-hybridized carbons (Fsp3) is 0.800. The molecule has 1 aromatic heterocycles. The Bertz CT molecular complexity index is 572. The second kappa shape index (κ2) is 17.5. The van der Waals surface area contributed by atoms with Gasteiger partial charge in [-0.25, -0.2) is 4.79 Å². The number of nitrogen functional groups attached to an aromatic ring is 2. The van der Waals surface area contributed by atoms with Crippen LogP contribution >= 0.6 is 11.3 Å². The highest BCUT2D eigenvalue weighted by molar-refractivity contribution is 7.20. The van der Waals surface area contributed by atoms with Gasteiger partial charge in [0.1, 0.15) is 5.00 Å². The third kappa shape index (κ3) is 11.2. The van der Waals surface area contributed by atoms with Gasteiger partial charge in [-0.3, -0.25) is 0 Å². The molecule has 4 nitrogen and oxygen atoms in total. The molecule has 30 heavy (non-hydrogen) atoms. The molecule has 1 rings (SSSR count). The Morgan fingerprint density at radius 2 is 1.17 bits per heavy atom. The van der Waals surface area contributed by atoms with Crippen molar-refractivity contribution >= 4 is 27.3 Å². The van der Waals surface area contributed by atoms with Gasteiger partial charge in [-0.05, 0) is 19.3 Å². The summed E-state index contributed by atoms with van der Waals surface area (Å²) in [5.74, 6) is -0.294. The van der Waals surface area contributed by atoms with Crippen LogP contribution in [0.5, 0.6) is 0 Å². The van der Waals surface area contributed by atoms with Crippen LogP contribution in [0.2, 0.25) is 0 Å². The predicted octanol–water partition coefficient (Wildman–Crippen LogP) is 7.89. The molecule has 1 heterocycles. The van der Waals surface area contributed by atoms with Gasteiger partial charge in [0.25, 0.3) is 0 Å². The summed E-state index contributed by atoms with van der Waals surface area (Å²) >= 11 is 1.31. The van der Waals surface area contributed by atoms with Crippen LogP contribution < -0.4 is 11.5 Å². The van der Waals surface area contributed by atoms with E-state index in [0.717, 1.165) is 31.2 Å². The molecule has 0 aliphatic carbocycles. The number of carbonyl (C=O) groups is 1. The first-order valence-electron chi connectivity index (χ1n) is 12.5. The summed E-state index contributed by atoms with van der Waals surface area (Å²) in [7, 11) is 0. The minimum absolute atomic E-state index is 0.294. The molecule has 0 aromatic carbocycles. The topological polar surface area (TPSA) is 78.3 Å². The molecule has 0 unspecified atom stereocenters. The molecule has 1 aromatic rings. The van der Waals surface area contributed by atoms with Gasteiger partial charge in [0.2, 0.25) is 0 Å². The van der Waals surface area contributed by atoms with Gasteiger partial charge < -0.3 is 16.2 Å². The highest BCUT2D eigenvalue weighted by atomic mass is 32.1. The molecule has 174 valence electrons. The highest BCUT2D eigenvalue weighted by Crippen LogP contribution is 2.35. The van der Waals surface area contributed by atoms with Gasteiger partial charge in [-0.2, -0.15) is 0 Å². The number of unbranched alkanes of at least 4 members (excludes halogenated alkanes) is 14. The van der Waals surface area contributed by atoms with Crippen LogP contribution in [-0.4, -0.2) is 12.6 Å². The molecule has 0 aliphatic heterocycles. The average molecular weight is 439 g/mol. The lowest BCUT2D eigenvalue weighted by Crippen LogP contribution is -2.10. The first kappa shape index (κ1) is 26.8. The number of rotatable bonds is 19. The van der Waals surface area contributed by atoms with Gasteiger partial charge in [0.15, 0.2) is 0 Å². The maximum Gasteiger partial charge on any atom is 0.341 e. The lowest BCUT2D eigenvalue weighted by molar-refractivity contribution is 0.0498. The Hall–Kier alpha value is -1.23. The van der Waals surface area contributed by atoms with Crippen molar-refractivity contribution in [1.29, 1.82) is 0 Å². The number of nitrogens with two attached hydrogens (primary N) is 2. The zero-order valence-electron chi connectivity index (χ0n) is 19.6. The van der Waals surface area contributed by atoms with Crippen molar-refractivity contribution in [1.82, 2.24) is 0 Å². The molecule has 0 fully saturated rings. The number of thiophene rings is 1. The van der Waals surface area contributed by atoms with E-state index in [4.69, 9.17) is 16.2 Å². The molecule has 0 saturated carbocycles. The van der Waals surface area contributed by atoms with E-state index in [9.17, 15) is 4.79 Å². The number of hydrogen-bond donors (Lipinski definition) is 2. The van der Waals surface area contributed by atoms with Gasteiger partial charge in [0, 0.05) is 5.56 Å². The van der Waals surface area contributed by atoms with E-state index < -0.39 is 0 Å². The summed E-state index contributed by atoms with van der Waals surface area (Å²) in [6.45, 7) is 4.96. The average Bonchev–Trinajstić information content (AvgIpc) is 3.01. The van der Waals surface area contributed by atoms with Crippen molar-refractivity contribution in [3.63, 3.8) is 0 Å². The largest absolute Gasteiger partial charge is 0.462 e. The highest BCUT2D eigenvalue weighted by Gasteiger charge is 2.22. The van der Waals surface area contributed by atoms with E-state index in [0.29, 0.717) is 22.2 Å². The molecule has 0 amide bonds. The van der Waals surface area contributed by atoms with E-state index in [1.165, 1.54) is 94.8 Å². The van der Waals surface area contributed by atoms with Crippen molar-refractivity contribution < 1.29 is 9.53 Å². The van der Waals surface area contributed by atoms with Crippen molar-refractivity contribution in [3.8, 4) is 0 Å². The SMILES string of the molecule is CCCCCCCCCCOC(=O)c1c(N)sc(N)c1CCCCCCCCCC. The number of hydrogen-bond acceptors (Lipinski definition) is 5. The molecular weight excluding hydrogens is 392 g/mol. The van der Waals surface area contributed by atoms with Crippen molar-refractivity contribution in [3.05, 3.63) is 11.1 Å². The van der Waals surface area contributed by atoms with Crippen LogP contribution in [0.3, 0.4) is 0 Å². The van der Waals surface area contributed by atoms with E-state index in [1.807, 2.05) is 0 Å². The lowest BCUT2D eigenvalue weighted by Gasteiger charge is -2.08. The Morgan fingerprint density at radius 1 is 0.700 bits per heavy atom. The molecule has 0 bridgehead atoms. The summed E-state index contributed by atoms with van der Waals surface area (Å²) in [6, 6.07) is 0. The van der Waals surface area contributed by atoms with Crippen LogP contribution in [0, 0.1) is 0 Å². The zero-order valence-corrected chi connectivity index (χ0v) is 20.4. The van der Waals surface area contributed by atoms with Crippen LogP contribution in [0.1, 0.15) is 133 Å². The number of anilines is 2. The van der Waals surface area contributed by atoms with Gasteiger partial charge in [-0.1, -0.05) is 104 Å². The number of esters is 1. The number of ether oxygens (including phenoxy) is 1. The van der Waals surface area contributed by atoms with E-state index in [-0.39, 0.29) is 5.97 Å². The number of carbonyl (C=O) groups excluding carboxylic acids is 1. The minimum Gasteiger partial charge on any atom is -0.462 e. The second-order valence-corrected chi connectivity index (χ2v) is 9.60. The summed E-state index contributed by atoms with van der Waals surface area (Å²) in [5, 5.41) is 1.18. The van der Waals surface area contributed by atoms with Crippen molar-refractivity contribution in [2.75, 3.05) is 18.1 Å². The normalized spacial score (nSPS) is 11.1. The molecule has 5 heteroatoms. The molecule has 4 N–H and O–H groups in total. The minimum atomic E-state index is -0.294. The van der Waals surface area contributed by atoms with Crippen LogP contribution in [0.25, 0.3) is 0 Å². The Labute approximate surface area is 189 Å². The Morgan fingerprint density at radius 3 is 1.70 bits per heavy atom. The van der Waals surface area contributed by atoms with Crippen molar-refractivity contribution in [2.24, 2.45) is 0 Å². The summed E-state index contributed by atoms with van der Waals surface area (Å²) in [6.07, 6.45) is 20.7. The zero-order chi connectivity index (χ0) is 22.0. The third-order valence-electron chi connectivity index (χ3n) is 5.78. The summed E-state index contributed by atoms with van der Waals surface area (Å²) in [4.78, 5) is 12.6. The van der Waals surface area contributed by atoms with Crippen LogP contribution in [-0.2, 0) is 11.2 Å². The third-order valence-corrected chi connectivity index (χ3v) is 6.67. The van der Waals surface area contributed by atoms with Gasteiger partial charge >= 0.3 is 5.97 Å². The monoisotopic (exact) mass is 438 g/mol. The first-order valence-corrected chi connectivity index (χ1v) is 13.3. The predicted molar refractivity (Wildman–Crippen MR) is 132 cm³/mol. The molecule has 0 radical (unpaired) electrons. The standard InChI is InChI=1S/C25H46N2O2S/c1-3-5-7-9-11-13-15-17-19-21-22(24(27)30-23(21)26)25(28)29-20-18-16-14-12-10-8-6-4-2/h3-20,26-27H2,1-2H3.